The molecule has 2 aliphatic rings. The van der Waals surface area contributed by atoms with Gasteiger partial charge in [0, 0.05) is 46.2 Å². The SMILES string of the molecule is Cc1ncsc1-c1ccc(CNC(=O)[C@@H]2C[C@@H](O)CN2C(=O)[C@@H](NC(=O)Cc2ccc(OCCNC(=O)C[C@@H]3N=C(c4ccc(Cl)cc4)c4c(sc(C)c4C)-n4c(C)nnc43)cn2)C(C)(C)C)cc1. The fourth-order valence-electron chi connectivity index (χ4n) is 8.50. The number of pyridine rings is 1. The summed E-state index contributed by atoms with van der Waals surface area (Å²) in [5, 5.41) is 29.8. The molecule has 69 heavy (non-hydrogen) atoms. The average Bonchev–Trinajstić information content (AvgIpc) is 4.09. The van der Waals surface area contributed by atoms with E-state index in [0.717, 1.165) is 54.0 Å². The van der Waals surface area contributed by atoms with Crippen molar-refractivity contribution in [2.24, 2.45) is 10.4 Å². The van der Waals surface area contributed by atoms with Gasteiger partial charge in [0.1, 0.15) is 41.3 Å². The van der Waals surface area contributed by atoms with Crippen molar-refractivity contribution in [3.63, 3.8) is 0 Å². The van der Waals surface area contributed by atoms with Crippen molar-refractivity contribution in [2.45, 2.75) is 98.5 Å². The van der Waals surface area contributed by atoms with Crippen molar-refractivity contribution in [2.75, 3.05) is 19.7 Å². The van der Waals surface area contributed by atoms with Crippen LogP contribution in [0.2, 0.25) is 5.02 Å². The molecule has 2 aromatic carbocycles. The first-order valence-corrected chi connectivity index (χ1v) is 24.8. The minimum atomic E-state index is -0.990. The molecule has 19 heteroatoms. The van der Waals surface area contributed by atoms with Crippen LogP contribution in [0.1, 0.15) is 89.8 Å². The van der Waals surface area contributed by atoms with E-state index in [1.54, 1.807) is 34.8 Å². The second kappa shape index (κ2) is 20.7. The molecule has 0 radical (unpaired) electrons. The number of aliphatic imine (C=N–C) groups is 1. The van der Waals surface area contributed by atoms with Crippen molar-refractivity contribution in [3.8, 4) is 21.2 Å². The van der Waals surface area contributed by atoms with Gasteiger partial charge in [-0.05, 0) is 74.1 Å². The molecule has 0 saturated carbocycles. The van der Waals surface area contributed by atoms with Crippen molar-refractivity contribution in [1.82, 2.24) is 45.6 Å². The fraction of sp³-hybridized carbons (Fsp3) is 0.380. The molecule has 0 unspecified atom stereocenters. The summed E-state index contributed by atoms with van der Waals surface area (Å²) in [6.45, 7) is 14.1. The third-order valence-electron chi connectivity index (χ3n) is 12.3. The Labute approximate surface area is 413 Å². The van der Waals surface area contributed by atoms with Gasteiger partial charge in [0.25, 0.3) is 0 Å². The van der Waals surface area contributed by atoms with Crippen molar-refractivity contribution >= 4 is 63.6 Å². The summed E-state index contributed by atoms with van der Waals surface area (Å²) in [7, 11) is 0. The number of ether oxygens (including phenoxy) is 1. The molecule has 4 amide bonds. The zero-order chi connectivity index (χ0) is 49.1. The maximum atomic E-state index is 14.1. The standard InChI is InChI=1S/C50H55ClN10O6S2/c1-27-29(3)69-49-42(27)43(32-12-14-34(51)15-13-32)56-38(46-59-58-30(4)61(46)49)22-40(63)52-18-19-67-37-17-16-35(53-24-37)20-41(64)57-45(50(5,6)7)48(66)60-25-36(62)21-39(60)47(65)54-23-31-8-10-33(11-9-31)44-28(2)55-26-68-44/h8-17,24,26,36,38-39,45,62H,18-23,25H2,1-7H3,(H,52,63)(H,54,65)(H,57,64)/t36-,38+,39+,45-/m1/s1. The molecule has 360 valence electrons. The van der Waals surface area contributed by atoms with Gasteiger partial charge in [-0.1, -0.05) is 68.8 Å². The number of hydrogen-bond donors (Lipinski definition) is 4. The number of thiophene rings is 1. The van der Waals surface area contributed by atoms with Crippen LogP contribution < -0.4 is 20.7 Å². The molecule has 16 nitrogen and oxygen atoms in total. The molecule has 0 spiro atoms. The normalized spacial score (nSPS) is 17.0. The molecule has 0 bridgehead atoms. The van der Waals surface area contributed by atoms with E-state index >= 15 is 0 Å². The van der Waals surface area contributed by atoms with Gasteiger partial charge in [0.2, 0.25) is 23.6 Å². The molecule has 2 aliphatic heterocycles. The number of aliphatic hydroxyl groups excluding tert-OH is 1. The zero-order valence-corrected chi connectivity index (χ0v) is 41.9. The van der Waals surface area contributed by atoms with Crippen molar-refractivity contribution in [3.05, 3.63) is 128 Å². The molecule has 4 aromatic heterocycles. The van der Waals surface area contributed by atoms with Crippen LogP contribution in [0.5, 0.6) is 5.75 Å². The summed E-state index contributed by atoms with van der Waals surface area (Å²) in [6.07, 6.45) is 0.604. The smallest absolute Gasteiger partial charge is 0.246 e. The number of aryl methyl sites for hydroxylation is 3. The summed E-state index contributed by atoms with van der Waals surface area (Å²) in [4.78, 5) is 72.1. The van der Waals surface area contributed by atoms with E-state index < -0.39 is 41.5 Å². The minimum absolute atomic E-state index is 0.0307. The lowest BCUT2D eigenvalue weighted by molar-refractivity contribution is -0.144. The van der Waals surface area contributed by atoms with E-state index in [1.807, 2.05) is 93.2 Å². The molecule has 8 rings (SSSR count). The molecule has 1 saturated heterocycles. The highest BCUT2D eigenvalue weighted by Crippen LogP contribution is 2.40. The van der Waals surface area contributed by atoms with Crippen LogP contribution in [0, 0.1) is 33.1 Å². The van der Waals surface area contributed by atoms with Crippen LogP contribution in [-0.2, 0) is 32.1 Å². The number of rotatable bonds is 15. The summed E-state index contributed by atoms with van der Waals surface area (Å²) < 4.78 is 7.88. The molecular formula is C50H55ClN10O6S2. The topological polar surface area (TPSA) is 206 Å². The van der Waals surface area contributed by atoms with E-state index in [9.17, 15) is 24.3 Å². The minimum Gasteiger partial charge on any atom is -0.490 e. The number of benzene rings is 2. The first kappa shape index (κ1) is 49.1. The number of thiazole rings is 1. The number of likely N-dealkylation sites (tertiary alicyclic amines) is 1. The number of nitrogens with zero attached hydrogens (tertiary/aromatic N) is 7. The van der Waals surface area contributed by atoms with Crippen LogP contribution >= 0.6 is 34.3 Å². The Kier molecular flexibility index (Phi) is 14.7. The Morgan fingerprint density at radius 1 is 0.928 bits per heavy atom. The van der Waals surface area contributed by atoms with Crippen molar-refractivity contribution in [1.29, 1.82) is 0 Å². The number of carbonyl (C=O) groups excluding carboxylic acids is 4. The Morgan fingerprint density at radius 3 is 2.35 bits per heavy atom. The quantitative estimate of drug-likeness (QED) is 0.0816. The van der Waals surface area contributed by atoms with Gasteiger partial charge in [0.15, 0.2) is 5.82 Å². The fourth-order valence-corrected chi connectivity index (χ4v) is 10.6. The highest BCUT2D eigenvalue weighted by Gasteiger charge is 2.44. The predicted octanol–water partition coefficient (Wildman–Crippen LogP) is 6.56. The van der Waals surface area contributed by atoms with Crippen LogP contribution in [0.15, 0.2) is 77.4 Å². The van der Waals surface area contributed by atoms with E-state index in [2.05, 4.69) is 50.0 Å². The lowest BCUT2D eigenvalue weighted by Gasteiger charge is -2.35. The number of carbonyl (C=O) groups is 4. The van der Waals surface area contributed by atoms with Crippen LogP contribution in [0.25, 0.3) is 15.4 Å². The summed E-state index contributed by atoms with van der Waals surface area (Å²) in [5.41, 5.74) is 8.15. The monoisotopic (exact) mass is 990 g/mol. The predicted molar refractivity (Wildman–Crippen MR) is 266 cm³/mol. The molecule has 0 aliphatic carbocycles. The van der Waals surface area contributed by atoms with E-state index in [4.69, 9.17) is 21.3 Å². The molecule has 6 heterocycles. The number of aromatic nitrogens is 5. The van der Waals surface area contributed by atoms with Crippen LogP contribution in [-0.4, -0.2) is 102 Å². The molecule has 6 aromatic rings. The Morgan fingerprint density at radius 2 is 1.67 bits per heavy atom. The van der Waals surface area contributed by atoms with E-state index in [1.165, 1.54) is 11.1 Å². The number of amides is 4. The molecular weight excluding hydrogens is 936 g/mol. The van der Waals surface area contributed by atoms with Crippen LogP contribution in [0.3, 0.4) is 0 Å². The first-order chi connectivity index (χ1) is 32.9. The second-order valence-electron chi connectivity index (χ2n) is 18.4. The summed E-state index contributed by atoms with van der Waals surface area (Å²) in [6, 6.07) is 16.2. The van der Waals surface area contributed by atoms with E-state index in [0.29, 0.717) is 28.1 Å². The van der Waals surface area contributed by atoms with Gasteiger partial charge in [-0.2, -0.15) is 0 Å². The van der Waals surface area contributed by atoms with Gasteiger partial charge < -0.3 is 30.7 Å². The maximum absolute atomic E-state index is 14.1. The van der Waals surface area contributed by atoms with Crippen molar-refractivity contribution < 1.29 is 29.0 Å². The number of fused-ring (bicyclic) bond motifs is 3. The third-order valence-corrected chi connectivity index (χ3v) is 14.7. The van der Waals surface area contributed by atoms with Gasteiger partial charge >= 0.3 is 0 Å². The Balaban J connectivity index is 0.829. The molecule has 4 N–H and O–H groups in total. The van der Waals surface area contributed by atoms with Gasteiger partial charge in [-0.15, -0.1) is 32.9 Å². The number of aliphatic hydroxyl groups is 1. The third kappa shape index (κ3) is 11.1. The largest absolute Gasteiger partial charge is 0.490 e. The number of β-amino-alcohol motifs (C(OH)–C–C–N with tert-alkyl or cyclic N) is 1. The summed E-state index contributed by atoms with van der Waals surface area (Å²) >= 11 is 9.46. The second-order valence-corrected chi connectivity index (χ2v) is 20.9. The zero-order valence-electron chi connectivity index (χ0n) is 39.5. The van der Waals surface area contributed by atoms with Gasteiger partial charge in [0.05, 0.1) is 53.5 Å². The highest BCUT2D eigenvalue weighted by atomic mass is 35.5. The van der Waals surface area contributed by atoms with E-state index in [-0.39, 0.29) is 57.3 Å². The Hall–Kier alpha value is -6.34. The number of halogens is 1. The maximum Gasteiger partial charge on any atom is 0.246 e. The summed E-state index contributed by atoms with van der Waals surface area (Å²) in [5.74, 6) is 0.229. The molecule has 1 fully saturated rings. The van der Waals surface area contributed by atoms with Crippen LogP contribution in [0.4, 0.5) is 0 Å². The average molecular weight is 992 g/mol. The highest BCUT2D eigenvalue weighted by molar-refractivity contribution is 7.15. The number of nitrogens with one attached hydrogen (secondary N) is 3. The van der Waals surface area contributed by atoms with Gasteiger partial charge in [-0.25, -0.2) is 4.98 Å². The lowest BCUT2D eigenvalue weighted by atomic mass is 9.85. The first-order valence-electron chi connectivity index (χ1n) is 22.7. The lowest BCUT2D eigenvalue weighted by Crippen LogP contribution is -2.58. The Bertz CT molecular complexity index is 2890. The number of hydrogen-bond acceptors (Lipinski definition) is 13. The molecule has 4 atom stereocenters. The van der Waals surface area contributed by atoms with Gasteiger partial charge in [-0.3, -0.25) is 33.7 Å².